The van der Waals surface area contributed by atoms with Gasteiger partial charge < -0.3 is 18.9 Å². The summed E-state index contributed by atoms with van der Waals surface area (Å²) >= 11 is 0. The topological polar surface area (TPSA) is 108 Å². The summed E-state index contributed by atoms with van der Waals surface area (Å²) in [6.45, 7) is 2.58. The van der Waals surface area contributed by atoms with Gasteiger partial charge >= 0.3 is 0 Å². The number of fused-ring (bicyclic) bond motifs is 3. The van der Waals surface area contributed by atoms with Gasteiger partial charge in [0.15, 0.2) is 0 Å². The fourth-order valence-corrected chi connectivity index (χ4v) is 3.84. The van der Waals surface area contributed by atoms with Crippen LogP contribution in [0.5, 0.6) is 0 Å². The number of rotatable bonds is 5. The molecule has 0 saturated carbocycles. The number of ether oxygens (including phenoxy) is 1. The van der Waals surface area contributed by atoms with E-state index in [0.29, 0.717) is 24.2 Å². The second-order valence-corrected chi connectivity index (χ2v) is 7.54. The van der Waals surface area contributed by atoms with Crippen LogP contribution in [0.1, 0.15) is 31.6 Å². The van der Waals surface area contributed by atoms with Crippen LogP contribution in [0.3, 0.4) is 0 Å². The third kappa shape index (κ3) is 2.99. The SMILES string of the molecule is CC(CO)c1nc(-c2ncn3c2c(=O)n(CC2CCCO2)c2cc(F)ccc23)no1. The molecule has 1 aromatic carbocycles. The maximum Gasteiger partial charge on any atom is 0.277 e. The van der Waals surface area contributed by atoms with Crippen LogP contribution >= 0.6 is 0 Å². The molecular weight excluding hydrogens is 393 g/mol. The number of aliphatic hydroxyl groups excluding tert-OH is 1. The maximum atomic E-state index is 14.0. The maximum absolute atomic E-state index is 14.0. The zero-order valence-corrected chi connectivity index (χ0v) is 16.3. The van der Waals surface area contributed by atoms with Crippen molar-refractivity contribution in [3.63, 3.8) is 0 Å². The molecule has 30 heavy (non-hydrogen) atoms. The van der Waals surface area contributed by atoms with E-state index in [4.69, 9.17) is 9.26 Å². The zero-order valence-electron chi connectivity index (χ0n) is 16.3. The van der Waals surface area contributed by atoms with Crippen molar-refractivity contribution in [1.29, 1.82) is 0 Å². The highest BCUT2D eigenvalue weighted by Gasteiger charge is 2.24. The molecule has 2 atom stereocenters. The molecule has 10 heteroatoms. The first-order valence-electron chi connectivity index (χ1n) is 9.82. The van der Waals surface area contributed by atoms with Gasteiger partial charge in [-0.2, -0.15) is 4.98 Å². The molecule has 1 aliphatic rings. The van der Waals surface area contributed by atoms with Crippen LogP contribution in [0.25, 0.3) is 28.1 Å². The largest absolute Gasteiger partial charge is 0.396 e. The van der Waals surface area contributed by atoms with Gasteiger partial charge in [0.2, 0.25) is 11.7 Å². The number of hydrogen-bond acceptors (Lipinski definition) is 7. The van der Waals surface area contributed by atoms with E-state index >= 15 is 0 Å². The number of hydrogen-bond donors (Lipinski definition) is 1. The van der Waals surface area contributed by atoms with Crippen LogP contribution in [-0.4, -0.2) is 48.5 Å². The first kappa shape index (κ1) is 18.9. The predicted octanol–water partition coefficient (Wildman–Crippen LogP) is 2.11. The molecule has 0 spiro atoms. The van der Waals surface area contributed by atoms with Crippen LogP contribution < -0.4 is 5.56 Å². The average molecular weight is 413 g/mol. The fraction of sp³-hybridized carbons (Fsp3) is 0.400. The van der Waals surface area contributed by atoms with Gasteiger partial charge in [-0.3, -0.25) is 9.20 Å². The number of benzene rings is 1. The molecule has 5 rings (SSSR count). The van der Waals surface area contributed by atoms with Crippen LogP contribution in [-0.2, 0) is 11.3 Å². The summed E-state index contributed by atoms with van der Waals surface area (Å²) in [5.74, 6) is -0.338. The minimum absolute atomic E-state index is 0.106. The molecule has 0 aliphatic carbocycles. The van der Waals surface area contributed by atoms with E-state index in [9.17, 15) is 14.3 Å². The van der Waals surface area contributed by atoms with Crippen molar-refractivity contribution in [1.82, 2.24) is 24.1 Å². The van der Waals surface area contributed by atoms with Crippen molar-refractivity contribution < 1.29 is 18.8 Å². The molecule has 0 amide bonds. The number of aromatic nitrogens is 5. The first-order chi connectivity index (χ1) is 14.6. The van der Waals surface area contributed by atoms with E-state index in [1.807, 2.05) is 0 Å². The second-order valence-electron chi connectivity index (χ2n) is 7.54. The summed E-state index contributed by atoms with van der Waals surface area (Å²) in [5, 5.41) is 13.3. The van der Waals surface area contributed by atoms with Gasteiger partial charge in [-0.25, -0.2) is 9.37 Å². The Balaban J connectivity index is 1.74. The lowest BCUT2D eigenvalue weighted by molar-refractivity contribution is 0.0973. The van der Waals surface area contributed by atoms with Gasteiger partial charge in [0.05, 0.1) is 36.2 Å². The number of halogens is 1. The van der Waals surface area contributed by atoms with E-state index in [1.54, 1.807) is 17.4 Å². The summed E-state index contributed by atoms with van der Waals surface area (Å²) in [4.78, 5) is 22.1. The van der Waals surface area contributed by atoms with E-state index < -0.39 is 5.82 Å². The molecule has 4 aromatic rings. The minimum Gasteiger partial charge on any atom is -0.396 e. The quantitative estimate of drug-likeness (QED) is 0.534. The van der Waals surface area contributed by atoms with E-state index in [2.05, 4.69) is 15.1 Å². The summed E-state index contributed by atoms with van der Waals surface area (Å²) in [5.41, 5.74) is 1.31. The Morgan fingerprint density at radius 3 is 3.00 bits per heavy atom. The van der Waals surface area contributed by atoms with Gasteiger partial charge in [-0.15, -0.1) is 0 Å². The lowest BCUT2D eigenvalue weighted by Crippen LogP contribution is -2.28. The standard InChI is InChI=1S/C20H20FN5O4/c1-11(9-27)19-23-18(24-30-19)16-17-20(28)25(8-13-3-2-6-29-13)15-7-12(21)4-5-14(15)26(17)10-22-16/h4-5,7,10-11,13,27H,2-3,6,8-9H2,1H3. The zero-order chi connectivity index (χ0) is 20.8. The number of aliphatic hydroxyl groups is 1. The summed E-state index contributed by atoms with van der Waals surface area (Å²) in [7, 11) is 0. The third-order valence-corrected chi connectivity index (χ3v) is 5.46. The summed E-state index contributed by atoms with van der Waals surface area (Å²) < 4.78 is 28.1. The highest BCUT2D eigenvalue weighted by atomic mass is 19.1. The summed E-state index contributed by atoms with van der Waals surface area (Å²) in [6.07, 6.45) is 3.16. The van der Waals surface area contributed by atoms with Gasteiger partial charge in [0.1, 0.15) is 23.4 Å². The monoisotopic (exact) mass is 413 g/mol. The molecule has 0 radical (unpaired) electrons. The van der Waals surface area contributed by atoms with Crippen molar-refractivity contribution in [3.8, 4) is 11.5 Å². The number of imidazole rings is 1. The number of nitrogens with zero attached hydrogens (tertiary/aromatic N) is 5. The summed E-state index contributed by atoms with van der Waals surface area (Å²) in [6, 6.07) is 4.31. The van der Waals surface area contributed by atoms with Crippen LogP contribution in [0.15, 0.2) is 33.8 Å². The highest BCUT2D eigenvalue weighted by molar-refractivity contribution is 5.83. The fourth-order valence-electron chi connectivity index (χ4n) is 3.84. The van der Waals surface area contributed by atoms with Gasteiger partial charge in [-0.1, -0.05) is 12.1 Å². The molecule has 9 nitrogen and oxygen atoms in total. The van der Waals surface area contributed by atoms with Crippen molar-refractivity contribution in [2.75, 3.05) is 13.2 Å². The Morgan fingerprint density at radius 1 is 1.37 bits per heavy atom. The molecule has 0 bridgehead atoms. The molecule has 3 aromatic heterocycles. The van der Waals surface area contributed by atoms with Crippen LogP contribution in [0, 0.1) is 5.82 Å². The Bertz CT molecular complexity index is 1290. The Hall–Kier alpha value is -3.11. The molecule has 2 unspecified atom stereocenters. The Labute approximate surface area is 169 Å². The van der Waals surface area contributed by atoms with Crippen LogP contribution in [0.2, 0.25) is 0 Å². The van der Waals surface area contributed by atoms with Gasteiger partial charge in [0, 0.05) is 6.61 Å². The van der Waals surface area contributed by atoms with E-state index in [0.717, 1.165) is 12.8 Å². The third-order valence-electron chi connectivity index (χ3n) is 5.46. The molecule has 1 N–H and O–H groups in total. The highest BCUT2D eigenvalue weighted by Crippen LogP contribution is 2.25. The Kier molecular flexibility index (Phi) is 4.59. The molecular formula is C20H20FN5O4. The van der Waals surface area contributed by atoms with Crippen molar-refractivity contribution in [2.45, 2.75) is 38.3 Å². The molecule has 1 aliphatic heterocycles. The van der Waals surface area contributed by atoms with Crippen molar-refractivity contribution >= 4 is 16.6 Å². The Morgan fingerprint density at radius 2 is 2.23 bits per heavy atom. The smallest absolute Gasteiger partial charge is 0.277 e. The van der Waals surface area contributed by atoms with Gasteiger partial charge in [-0.05, 0) is 31.0 Å². The predicted molar refractivity (Wildman–Crippen MR) is 105 cm³/mol. The first-order valence-corrected chi connectivity index (χ1v) is 9.82. The lowest BCUT2D eigenvalue weighted by atomic mass is 10.2. The molecule has 156 valence electrons. The second kappa shape index (κ2) is 7.29. The van der Waals surface area contributed by atoms with Crippen molar-refractivity contribution in [2.24, 2.45) is 0 Å². The van der Waals surface area contributed by atoms with Gasteiger partial charge in [0.25, 0.3) is 5.56 Å². The van der Waals surface area contributed by atoms with Crippen molar-refractivity contribution in [3.05, 3.63) is 46.6 Å². The van der Waals surface area contributed by atoms with E-state index in [1.165, 1.54) is 23.0 Å². The normalized spacial score (nSPS) is 17.9. The van der Waals surface area contributed by atoms with Crippen LogP contribution in [0.4, 0.5) is 4.39 Å². The lowest BCUT2D eigenvalue weighted by Gasteiger charge is -2.16. The molecule has 1 saturated heterocycles. The molecule has 1 fully saturated rings. The van der Waals surface area contributed by atoms with E-state index in [-0.39, 0.29) is 47.1 Å². The minimum atomic E-state index is -0.427. The average Bonchev–Trinajstić information content (AvgIpc) is 3.50. The molecule has 4 heterocycles.